The van der Waals surface area contributed by atoms with E-state index in [-0.39, 0.29) is 18.4 Å². The van der Waals surface area contributed by atoms with Crippen molar-refractivity contribution < 1.29 is 14.3 Å². The van der Waals surface area contributed by atoms with Crippen molar-refractivity contribution in [1.82, 2.24) is 19.8 Å². The van der Waals surface area contributed by atoms with Crippen molar-refractivity contribution >= 4 is 23.0 Å². The van der Waals surface area contributed by atoms with Crippen molar-refractivity contribution in [1.29, 1.82) is 0 Å². The van der Waals surface area contributed by atoms with Crippen LogP contribution in [0.1, 0.15) is 39.4 Å². The first-order valence-electron chi connectivity index (χ1n) is 15.6. The number of ether oxygens (including phenoxy) is 1. The number of aromatic nitrogens is 2. The number of hydrogen-bond donors (Lipinski definition) is 0. The Morgan fingerprint density at radius 1 is 0.889 bits per heavy atom. The third-order valence-electron chi connectivity index (χ3n) is 10.2. The van der Waals surface area contributed by atoms with E-state index in [1.54, 1.807) is 0 Å². The normalized spacial score (nSPS) is 23.8. The summed E-state index contributed by atoms with van der Waals surface area (Å²) in [7, 11) is 2.07. The maximum Gasteiger partial charge on any atom is 0.416 e. The molecule has 0 saturated carbocycles. The lowest BCUT2D eigenvalue weighted by atomic mass is 9.72. The zero-order valence-corrected chi connectivity index (χ0v) is 25.6. The minimum absolute atomic E-state index is 0.168. The van der Waals surface area contributed by atoms with E-state index in [9.17, 15) is 4.79 Å². The zero-order valence-electron chi connectivity index (χ0n) is 25.6. The molecule has 3 heterocycles. The molecule has 5 aromatic rings. The second kappa shape index (κ2) is 10.3. The summed E-state index contributed by atoms with van der Waals surface area (Å²) in [6.45, 7) is 4.94. The van der Waals surface area contributed by atoms with Gasteiger partial charge in [-0.25, -0.2) is 19.7 Å². The van der Waals surface area contributed by atoms with E-state index >= 15 is 4.79 Å². The monoisotopic (exact) mass is 594 g/mol. The minimum Gasteiger partial charge on any atom is -0.447 e. The maximum atomic E-state index is 15.3. The molecule has 4 atom stereocenters. The van der Waals surface area contributed by atoms with Gasteiger partial charge in [0.15, 0.2) is 0 Å². The average molecular weight is 595 g/mol. The highest BCUT2D eigenvalue weighted by molar-refractivity contribution is 5.98. The van der Waals surface area contributed by atoms with Gasteiger partial charge in [-0.2, -0.15) is 0 Å². The van der Waals surface area contributed by atoms with Crippen molar-refractivity contribution in [3.05, 3.63) is 131 Å². The van der Waals surface area contributed by atoms with Gasteiger partial charge in [-0.05, 0) is 67.3 Å². The molecule has 2 fully saturated rings. The SMILES string of the molecule is Cc1cc2nc3c(nc2cc1C)[C@]1(c2ccccc2-3)[C@@H](C(=O)N2C(=O)OC[C@@H]2Cc2ccccc2)[C@H](c2ccccc2)CN1C. The topological polar surface area (TPSA) is 75.6 Å². The van der Waals surface area contributed by atoms with Gasteiger partial charge in [0.1, 0.15) is 12.1 Å². The lowest BCUT2D eigenvalue weighted by Crippen LogP contribution is -2.52. The van der Waals surface area contributed by atoms with Crippen LogP contribution in [0.2, 0.25) is 0 Å². The number of likely N-dealkylation sites (N-methyl/N-ethyl adjacent to an activating group) is 1. The van der Waals surface area contributed by atoms with Crippen molar-refractivity contribution in [2.75, 3.05) is 20.2 Å². The zero-order chi connectivity index (χ0) is 30.9. The molecule has 0 unspecified atom stereocenters. The summed E-state index contributed by atoms with van der Waals surface area (Å²) >= 11 is 0. The van der Waals surface area contributed by atoms with Crippen LogP contribution in [-0.2, 0) is 21.5 Å². The van der Waals surface area contributed by atoms with E-state index in [1.165, 1.54) is 4.90 Å². The van der Waals surface area contributed by atoms with Crippen LogP contribution >= 0.6 is 0 Å². The molecule has 2 aliphatic heterocycles. The highest BCUT2D eigenvalue weighted by Crippen LogP contribution is 2.60. The highest BCUT2D eigenvalue weighted by atomic mass is 16.6. The molecule has 2 amide bonds. The fraction of sp³-hybridized carbons (Fsp3) is 0.263. The van der Waals surface area contributed by atoms with Gasteiger partial charge in [0.2, 0.25) is 5.91 Å². The van der Waals surface area contributed by atoms with Gasteiger partial charge < -0.3 is 4.74 Å². The Hall–Kier alpha value is -4.88. The molecule has 224 valence electrons. The quantitative estimate of drug-likeness (QED) is 0.240. The summed E-state index contributed by atoms with van der Waals surface area (Å²) in [6.07, 6.45) is -0.0558. The Kier molecular flexibility index (Phi) is 6.36. The molecular weight excluding hydrogens is 560 g/mol. The van der Waals surface area contributed by atoms with Crippen LogP contribution in [0.15, 0.2) is 97.1 Å². The fourth-order valence-corrected chi connectivity index (χ4v) is 7.95. The summed E-state index contributed by atoms with van der Waals surface area (Å²) in [5.41, 5.74) is 8.63. The predicted molar refractivity (Wildman–Crippen MR) is 173 cm³/mol. The van der Waals surface area contributed by atoms with Gasteiger partial charge in [-0.1, -0.05) is 84.9 Å². The first-order chi connectivity index (χ1) is 21.9. The molecule has 4 aromatic carbocycles. The van der Waals surface area contributed by atoms with E-state index in [0.717, 1.165) is 55.8 Å². The molecule has 8 rings (SSSR count). The van der Waals surface area contributed by atoms with Gasteiger partial charge >= 0.3 is 6.09 Å². The number of aryl methyl sites for hydroxylation is 2. The molecule has 2 saturated heterocycles. The first-order valence-corrected chi connectivity index (χ1v) is 15.6. The van der Waals surface area contributed by atoms with Gasteiger partial charge in [0.05, 0.1) is 34.4 Å². The Balaban J connectivity index is 1.36. The molecule has 7 nitrogen and oxygen atoms in total. The van der Waals surface area contributed by atoms with E-state index in [1.807, 2.05) is 60.7 Å². The minimum atomic E-state index is -0.941. The van der Waals surface area contributed by atoms with Gasteiger partial charge in [-0.15, -0.1) is 0 Å². The van der Waals surface area contributed by atoms with Crippen molar-refractivity contribution in [3.63, 3.8) is 0 Å². The van der Waals surface area contributed by atoms with Crippen molar-refractivity contribution in [2.45, 2.75) is 37.8 Å². The molecule has 0 radical (unpaired) electrons. The second-order valence-corrected chi connectivity index (χ2v) is 12.7. The molecule has 3 aliphatic rings. The predicted octanol–water partition coefficient (Wildman–Crippen LogP) is 6.41. The standard InChI is InChI=1S/C38H34N4O3/c1-23-18-31-32(19-24(23)2)40-35-34(39-31)28-16-10-11-17-30(28)38(35)33(29(21-41(38)3)26-14-8-5-9-15-26)36(43)42-27(22-45-37(42)44)20-25-12-6-4-7-13-25/h4-19,27,29,33H,20-22H2,1-3H3/t27-,29-,33+,38-/m0/s1. The van der Waals surface area contributed by atoms with Crippen LogP contribution in [0.4, 0.5) is 4.79 Å². The third-order valence-corrected chi connectivity index (χ3v) is 10.2. The smallest absolute Gasteiger partial charge is 0.416 e. The molecule has 1 aliphatic carbocycles. The Morgan fingerprint density at radius 3 is 2.27 bits per heavy atom. The van der Waals surface area contributed by atoms with Crippen molar-refractivity contribution in [3.8, 4) is 11.3 Å². The van der Waals surface area contributed by atoms with Crippen LogP contribution in [-0.4, -0.2) is 58.0 Å². The Bertz CT molecular complexity index is 1980. The molecule has 7 heteroatoms. The molecule has 0 N–H and O–H groups in total. The Morgan fingerprint density at radius 2 is 1.53 bits per heavy atom. The number of likely N-dealkylation sites (tertiary alicyclic amines) is 1. The van der Waals surface area contributed by atoms with Gasteiger partial charge in [0, 0.05) is 18.0 Å². The largest absolute Gasteiger partial charge is 0.447 e. The molecular formula is C38H34N4O3. The highest BCUT2D eigenvalue weighted by Gasteiger charge is 2.64. The van der Waals surface area contributed by atoms with Crippen LogP contribution in [0, 0.1) is 19.8 Å². The molecule has 45 heavy (non-hydrogen) atoms. The number of imide groups is 1. The number of fused-ring (bicyclic) bond motifs is 6. The van der Waals surface area contributed by atoms with Crippen LogP contribution in [0.3, 0.4) is 0 Å². The number of rotatable bonds is 4. The maximum absolute atomic E-state index is 15.3. The number of nitrogens with zero attached hydrogens (tertiary/aromatic N) is 4. The van der Waals surface area contributed by atoms with E-state index in [2.05, 4.69) is 62.2 Å². The summed E-state index contributed by atoms with van der Waals surface area (Å²) in [5.74, 6) is -1.10. The van der Waals surface area contributed by atoms with Crippen LogP contribution < -0.4 is 0 Å². The first kappa shape index (κ1) is 27.7. The Labute approximate surface area is 262 Å². The van der Waals surface area contributed by atoms with E-state index < -0.39 is 23.6 Å². The fourth-order valence-electron chi connectivity index (χ4n) is 7.95. The number of carbonyl (C=O) groups excluding carboxylic acids is 2. The number of amides is 2. The number of cyclic esters (lactones) is 1. The summed E-state index contributed by atoms with van der Waals surface area (Å²) in [6, 6.07) is 32.1. The third kappa shape index (κ3) is 4.07. The summed E-state index contributed by atoms with van der Waals surface area (Å²) in [5, 5.41) is 0. The van der Waals surface area contributed by atoms with Crippen LogP contribution in [0.25, 0.3) is 22.3 Å². The van der Waals surface area contributed by atoms with Gasteiger partial charge in [0.25, 0.3) is 0 Å². The van der Waals surface area contributed by atoms with Gasteiger partial charge in [-0.3, -0.25) is 9.69 Å². The number of hydrogen-bond acceptors (Lipinski definition) is 6. The van der Waals surface area contributed by atoms with E-state index in [0.29, 0.717) is 13.0 Å². The lowest BCUT2D eigenvalue weighted by Gasteiger charge is -2.39. The number of carbonyl (C=O) groups is 2. The molecule has 1 spiro atoms. The van der Waals surface area contributed by atoms with Crippen molar-refractivity contribution in [2.24, 2.45) is 5.92 Å². The average Bonchev–Trinajstić information content (AvgIpc) is 3.67. The van der Waals surface area contributed by atoms with E-state index in [4.69, 9.17) is 14.7 Å². The van der Waals surface area contributed by atoms with Crippen LogP contribution in [0.5, 0.6) is 0 Å². The summed E-state index contributed by atoms with van der Waals surface area (Å²) < 4.78 is 5.60. The second-order valence-electron chi connectivity index (χ2n) is 12.7. The number of benzene rings is 4. The lowest BCUT2D eigenvalue weighted by molar-refractivity contribution is -0.136. The molecule has 0 bridgehead atoms. The summed E-state index contributed by atoms with van der Waals surface area (Å²) in [4.78, 5) is 43.0. The molecule has 1 aromatic heterocycles.